The Kier molecular flexibility index (Phi) is 7.92. The van der Waals surface area contributed by atoms with Gasteiger partial charge in [0.15, 0.2) is 12.5 Å². The summed E-state index contributed by atoms with van der Waals surface area (Å²) in [6, 6.07) is 7.78. The van der Waals surface area contributed by atoms with Crippen molar-refractivity contribution in [2.45, 2.75) is 63.0 Å². The molecular weight excluding hydrogens is 555 g/mol. The lowest BCUT2D eigenvalue weighted by atomic mass is 9.82. The van der Waals surface area contributed by atoms with Gasteiger partial charge in [-0.25, -0.2) is 9.38 Å². The van der Waals surface area contributed by atoms with E-state index in [0.29, 0.717) is 37.3 Å². The number of amides is 1. The summed E-state index contributed by atoms with van der Waals surface area (Å²) in [6.07, 6.45) is -6.88. The predicted octanol–water partition coefficient (Wildman–Crippen LogP) is 6.72. The average molecular weight is 584 g/mol. The number of halogens is 7. The third-order valence-corrected chi connectivity index (χ3v) is 8.29. The minimum absolute atomic E-state index is 0.0128. The van der Waals surface area contributed by atoms with Gasteiger partial charge in [0.1, 0.15) is 11.2 Å². The van der Waals surface area contributed by atoms with Crippen LogP contribution in [0.3, 0.4) is 0 Å². The number of hydrogen-bond donors (Lipinski definition) is 1. The Morgan fingerprint density at radius 2 is 1.59 bits per heavy atom. The molecule has 2 aromatic carbocycles. The predicted molar refractivity (Wildman–Crippen MR) is 135 cm³/mol. The van der Waals surface area contributed by atoms with Gasteiger partial charge in [0.2, 0.25) is 5.91 Å². The molecule has 3 aliphatic rings. The molecule has 2 fully saturated rings. The molecule has 41 heavy (non-hydrogen) atoms. The average Bonchev–Trinajstić information content (AvgIpc) is 3.63. The number of amidine groups is 1. The first-order valence-electron chi connectivity index (χ1n) is 13.3. The van der Waals surface area contributed by atoms with Gasteiger partial charge < -0.3 is 10.2 Å². The first kappa shape index (κ1) is 29.2. The van der Waals surface area contributed by atoms with Gasteiger partial charge in [0.25, 0.3) is 0 Å². The van der Waals surface area contributed by atoms with Crippen LogP contribution in [0.15, 0.2) is 57.7 Å². The van der Waals surface area contributed by atoms with E-state index in [1.165, 1.54) is 12.1 Å². The summed E-state index contributed by atoms with van der Waals surface area (Å²) in [6.45, 7) is 1.07. The van der Waals surface area contributed by atoms with Crippen molar-refractivity contribution in [2.24, 2.45) is 20.6 Å². The fraction of sp³-hybridized carbons (Fsp3) is 0.500. The van der Waals surface area contributed by atoms with Gasteiger partial charge in [-0.05, 0) is 92.6 Å². The highest BCUT2D eigenvalue weighted by atomic mass is 19.4. The van der Waals surface area contributed by atoms with Crippen molar-refractivity contribution in [3.63, 3.8) is 0 Å². The molecule has 1 saturated heterocycles. The fourth-order valence-corrected chi connectivity index (χ4v) is 6.12. The molecule has 0 radical (unpaired) electrons. The lowest BCUT2D eigenvalue weighted by Gasteiger charge is -2.37. The molecule has 1 amide bonds. The van der Waals surface area contributed by atoms with Gasteiger partial charge in [-0.15, -0.1) is 5.11 Å². The van der Waals surface area contributed by atoms with E-state index >= 15 is 0 Å². The van der Waals surface area contributed by atoms with Crippen LogP contribution < -0.4 is 5.32 Å². The first-order valence-corrected chi connectivity index (χ1v) is 13.3. The number of piperidine rings is 1. The van der Waals surface area contributed by atoms with E-state index in [0.717, 1.165) is 31.5 Å². The van der Waals surface area contributed by atoms with Crippen molar-refractivity contribution >= 4 is 11.7 Å². The highest BCUT2D eigenvalue weighted by molar-refractivity contribution is 6.08. The summed E-state index contributed by atoms with van der Waals surface area (Å²) in [5.74, 6) is -0.304. The lowest BCUT2D eigenvalue weighted by molar-refractivity contribution is -0.143. The van der Waals surface area contributed by atoms with Crippen molar-refractivity contribution in [1.29, 1.82) is 0 Å². The monoisotopic (exact) mass is 583 g/mol. The Hall–Kier alpha value is -3.35. The second-order valence-electron chi connectivity index (χ2n) is 10.8. The number of benzene rings is 2. The van der Waals surface area contributed by atoms with Crippen LogP contribution in [0, 0.1) is 11.2 Å². The van der Waals surface area contributed by atoms with Gasteiger partial charge in [0.05, 0.1) is 11.1 Å². The molecule has 2 atom stereocenters. The molecule has 2 heterocycles. The van der Waals surface area contributed by atoms with Crippen LogP contribution >= 0.6 is 0 Å². The van der Waals surface area contributed by atoms with Gasteiger partial charge >= 0.3 is 12.4 Å². The van der Waals surface area contributed by atoms with Crippen molar-refractivity contribution in [3.8, 4) is 0 Å². The summed E-state index contributed by atoms with van der Waals surface area (Å²) in [5.41, 5.74) is -3.30. The molecule has 2 unspecified atom stereocenters. The van der Waals surface area contributed by atoms with Crippen LogP contribution in [0.4, 0.5) is 30.7 Å². The summed E-state index contributed by atoms with van der Waals surface area (Å²) in [4.78, 5) is 20.2. The smallest absolute Gasteiger partial charge is 0.351 e. The SMILES string of the molecule is O=C(NCc1cc(C(F)(F)F)cc(C(F)(F)F)c1)C1(C2=NCN=N2)CCC(N2CCC(c3ccc(F)cc3)CC2)C1. The van der Waals surface area contributed by atoms with Crippen LogP contribution in [0.2, 0.25) is 0 Å². The molecule has 13 heteroatoms. The molecule has 0 aromatic heterocycles. The zero-order valence-electron chi connectivity index (χ0n) is 21.9. The molecule has 0 bridgehead atoms. The third-order valence-electron chi connectivity index (χ3n) is 8.29. The van der Waals surface area contributed by atoms with Gasteiger partial charge in [-0.2, -0.15) is 31.5 Å². The van der Waals surface area contributed by atoms with Gasteiger partial charge in [-0.1, -0.05) is 12.1 Å². The number of nitrogens with zero attached hydrogens (tertiary/aromatic N) is 4. The Morgan fingerprint density at radius 3 is 2.15 bits per heavy atom. The van der Waals surface area contributed by atoms with E-state index in [9.17, 15) is 35.5 Å². The number of carbonyl (C=O) groups is 1. The summed E-state index contributed by atoms with van der Waals surface area (Å²) in [5, 5.41) is 10.5. The van der Waals surface area contributed by atoms with Crippen LogP contribution in [-0.4, -0.2) is 42.4 Å². The molecule has 1 saturated carbocycles. The lowest BCUT2D eigenvalue weighted by Crippen LogP contribution is -2.46. The first-order chi connectivity index (χ1) is 19.3. The zero-order valence-corrected chi connectivity index (χ0v) is 21.9. The Labute approximate surface area is 231 Å². The summed E-state index contributed by atoms with van der Waals surface area (Å²) in [7, 11) is 0. The summed E-state index contributed by atoms with van der Waals surface area (Å²) >= 11 is 0. The Bertz CT molecular complexity index is 1300. The maximum Gasteiger partial charge on any atom is 0.416 e. The fourth-order valence-electron chi connectivity index (χ4n) is 6.12. The number of alkyl halides is 6. The number of aliphatic imine (C=N–C) groups is 1. The van der Waals surface area contributed by atoms with Crippen LogP contribution in [0.5, 0.6) is 0 Å². The van der Waals surface area contributed by atoms with Crippen molar-refractivity contribution in [1.82, 2.24) is 10.2 Å². The van der Waals surface area contributed by atoms with E-state index in [1.54, 1.807) is 12.1 Å². The van der Waals surface area contributed by atoms with Crippen LogP contribution in [-0.2, 0) is 23.7 Å². The standard InChI is InChI=1S/C28H28F7N5O/c29-22-3-1-18(2-4-22)19-6-9-40(10-7-19)23-5-8-26(14-23,24-37-16-38-39-24)25(41)36-15-17-11-20(27(30,31)32)13-21(12-17)28(33,34)35/h1-4,11-13,19,23H,5-10,14-16H2,(H,36,41). The minimum Gasteiger partial charge on any atom is -0.351 e. The maximum atomic E-state index is 13.6. The maximum absolute atomic E-state index is 13.6. The highest BCUT2D eigenvalue weighted by Gasteiger charge is 2.52. The number of carbonyl (C=O) groups excluding carboxylic acids is 1. The van der Waals surface area contributed by atoms with Gasteiger partial charge in [0, 0.05) is 12.6 Å². The molecule has 5 rings (SSSR count). The van der Waals surface area contributed by atoms with E-state index in [2.05, 4.69) is 25.4 Å². The number of azo groups is 1. The largest absolute Gasteiger partial charge is 0.416 e. The molecule has 1 aliphatic carbocycles. The highest BCUT2D eigenvalue weighted by Crippen LogP contribution is 2.45. The van der Waals surface area contributed by atoms with Crippen LogP contribution in [0.25, 0.3) is 0 Å². The molecule has 2 aromatic rings. The molecule has 0 spiro atoms. The van der Waals surface area contributed by atoms with Crippen molar-refractivity contribution in [2.75, 3.05) is 19.8 Å². The van der Waals surface area contributed by atoms with E-state index in [4.69, 9.17) is 0 Å². The topological polar surface area (TPSA) is 69.4 Å². The molecule has 220 valence electrons. The normalized spacial score (nSPS) is 24.1. The second-order valence-corrected chi connectivity index (χ2v) is 10.8. The quantitative estimate of drug-likeness (QED) is 0.384. The number of likely N-dealkylation sites (tertiary alicyclic amines) is 1. The van der Waals surface area contributed by atoms with Crippen LogP contribution in [0.1, 0.15) is 60.3 Å². The van der Waals surface area contributed by atoms with Gasteiger partial charge in [-0.3, -0.25) is 4.79 Å². The third kappa shape index (κ3) is 6.29. The Balaban J connectivity index is 1.29. The zero-order chi connectivity index (χ0) is 29.4. The summed E-state index contributed by atoms with van der Waals surface area (Å²) < 4.78 is 93.0. The second kappa shape index (κ2) is 11.1. The number of rotatable bonds is 6. The molecule has 1 N–H and O–H groups in total. The number of nitrogens with one attached hydrogen (secondary N) is 1. The Morgan fingerprint density at radius 1 is 0.951 bits per heavy atom. The number of hydrogen-bond acceptors (Lipinski definition) is 5. The molecule has 2 aliphatic heterocycles. The minimum atomic E-state index is -4.98. The molecule has 6 nitrogen and oxygen atoms in total. The van der Waals surface area contributed by atoms with Crippen molar-refractivity contribution < 1.29 is 35.5 Å². The molecular formula is C28H28F7N5O. The van der Waals surface area contributed by atoms with E-state index < -0.39 is 41.3 Å². The van der Waals surface area contributed by atoms with Crippen molar-refractivity contribution in [3.05, 3.63) is 70.5 Å². The van der Waals surface area contributed by atoms with E-state index in [-0.39, 0.29) is 36.0 Å². The van der Waals surface area contributed by atoms with E-state index in [1.807, 2.05) is 0 Å².